The van der Waals surface area contributed by atoms with E-state index in [1.165, 1.54) is 30.7 Å². The van der Waals surface area contributed by atoms with Crippen LogP contribution < -0.4 is 0 Å². The van der Waals surface area contributed by atoms with Crippen LogP contribution in [0, 0.1) is 12.8 Å². The molecule has 0 unspecified atom stereocenters. The highest BCUT2D eigenvalue weighted by Crippen LogP contribution is 2.36. The number of rotatable bonds is 1. The van der Waals surface area contributed by atoms with Gasteiger partial charge in [-0.1, -0.05) is 19.8 Å². The number of hydrogen-bond acceptors (Lipinski definition) is 3. The Morgan fingerprint density at radius 1 is 1.15 bits per heavy atom. The standard InChI is InChI=1S/C10H16N2S/c1-7-3-5-9(6-4-7)10-12-11-8(2)13-10/h7,9H,3-6H2,1-2H3/t7-,9-. The first kappa shape index (κ1) is 9.13. The summed E-state index contributed by atoms with van der Waals surface area (Å²) in [5.74, 6) is 1.63. The summed E-state index contributed by atoms with van der Waals surface area (Å²) in [4.78, 5) is 0. The first-order chi connectivity index (χ1) is 6.25. The summed E-state index contributed by atoms with van der Waals surface area (Å²) in [7, 11) is 0. The SMILES string of the molecule is Cc1nnc([C@H]2CC[C@H](C)CC2)s1. The van der Waals surface area contributed by atoms with Crippen LogP contribution in [0.4, 0.5) is 0 Å². The summed E-state index contributed by atoms with van der Waals surface area (Å²) in [6.07, 6.45) is 5.36. The van der Waals surface area contributed by atoms with Crippen LogP contribution in [0.15, 0.2) is 0 Å². The third-order valence-corrected chi connectivity index (χ3v) is 3.91. The van der Waals surface area contributed by atoms with Crippen molar-refractivity contribution in [1.82, 2.24) is 10.2 Å². The third kappa shape index (κ3) is 2.08. The minimum atomic E-state index is 0.711. The lowest BCUT2D eigenvalue weighted by Gasteiger charge is -2.23. The second kappa shape index (κ2) is 3.74. The molecular formula is C10H16N2S. The molecule has 72 valence electrons. The van der Waals surface area contributed by atoms with E-state index in [0.29, 0.717) is 5.92 Å². The molecule has 0 atom stereocenters. The van der Waals surface area contributed by atoms with Gasteiger partial charge in [-0.15, -0.1) is 21.5 Å². The molecule has 0 spiro atoms. The maximum absolute atomic E-state index is 4.23. The van der Waals surface area contributed by atoms with Crippen molar-refractivity contribution in [3.8, 4) is 0 Å². The average Bonchev–Trinajstić information content (AvgIpc) is 2.53. The van der Waals surface area contributed by atoms with E-state index in [0.717, 1.165) is 10.9 Å². The van der Waals surface area contributed by atoms with E-state index in [1.54, 1.807) is 11.3 Å². The molecule has 1 aliphatic rings. The second-order valence-corrected chi connectivity index (χ2v) is 5.33. The molecule has 2 rings (SSSR count). The summed E-state index contributed by atoms with van der Waals surface area (Å²) in [6.45, 7) is 4.38. The van der Waals surface area contributed by atoms with Gasteiger partial charge in [0.2, 0.25) is 0 Å². The Balaban J connectivity index is 2.02. The van der Waals surface area contributed by atoms with Crippen molar-refractivity contribution in [3.05, 3.63) is 10.0 Å². The molecule has 1 heterocycles. The van der Waals surface area contributed by atoms with Crippen LogP contribution in [0.5, 0.6) is 0 Å². The number of aromatic nitrogens is 2. The van der Waals surface area contributed by atoms with Gasteiger partial charge >= 0.3 is 0 Å². The van der Waals surface area contributed by atoms with E-state index in [4.69, 9.17) is 0 Å². The van der Waals surface area contributed by atoms with Crippen molar-refractivity contribution < 1.29 is 0 Å². The molecule has 2 nitrogen and oxygen atoms in total. The van der Waals surface area contributed by atoms with Gasteiger partial charge in [0.25, 0.3) is 0 Å². The van der Waals surface area contributed by atoms with Crippen LogP contribution in [0.1, 0.15) is 48.5 Å². The summed E-state index contributed by atoms with van der Waals surface area (Å²) in [6, 6.07) is 0. The zero-order valence-electron chi connectivity index (χ0n) is 8.29. The Kier molecular flexibility index (Phi) is 2.63. The highest BCUT2D eigenvalue weighted by atomic mass is 32.1. The lowest BCUT2D eigenvalue weighted by atomic mass is 9.83. The molecule has 0 aromatic carbocycles. The van der Waals surface area contributed by atoms with Crippen molar-refractivity contribution >= 4 is 11.3 Å². The van der Waals surface area contributed by atoms with Crippen LogP contribution in [0.25, 0.3) is 0 Å². The largest absolute Gasteiger partial charge is 0.144 e. The molecule has 3 heteroatoms. The minimum Gasteiger partial charge on any atom is -0.144 e. The first-order valence-corrected chi connectivity index (χ1v) is 5.87. The number of nitrogens with zero attached hydrogens (tertiary/aromatic N) is 2. The van der Waals surface area contributed by atoms with Crippen molar-refractivity contribution in [2.24, 2.45) is 5.92 Å². The highest BCUT2D eigenvalue weighted by Gasteiger charge is 2.22. The van der Waals surface area contributed by atoms with Crippen molar-refractivity contribution in [2.45, 2.75) is 45.4 Å². The van der Waals surface area contributed by atoms with E-state index in [2.05, 4.69) is 17.1 Å². The highest BCUT2D eigenvalue weighted by molar-refractivity contribution is 7.11. The van der Waals surface area contributed by atoms with E-state index in [-0.39, 0.29) is 0 Å². The monoisotopic (exact) mass is 196 g/mol. The zero-order valence-corrected chi connectivity index (χ0v) is 9.10. The van der Waals surface area contributed by atoms with Gasteiger partial charge in [0.05, 0.1) is 0 Å². The van der Waals surface area contributed by atoms with Gasteiger partial charge in [-0.05, 0) is 25.7 Å². The summed E-state index contributed by atoms with van der Waals surface area (Å²) in [5, 5.41) is 10.7. The Morgan fingerprint density at radius 3 is 2.38 bits per heavy atom. The molecule has 0 bridgehead atoms. The van der Waals surface area contributed by atoms with Gasteiger partial charge in [-0.3, -0.25) is 0 Å². The minimum absolute atomic E-state index is 0.711. The fourth-order valence-electron chi connectivity index (χ4n) is 1.98. The zero-order chi connectivity index (χ0) is 9.26. The predicted molar refractivity (Wildman–Crippen MR) is 55.0 cm³/mol. The average molecular weight is 196 g/mol. The molecule has 1 saturated carbocycles. The van der Waals surface area contributed by atoms with E-state index in [9.17, 15) is 0 Å². The molecule has 0 N–H and O–H groups in total. The maximum atomic E-state index is 4.23. The summed E-state index contributed by atoms with van der Waals surface area (Å²) < 4.78 is 0. The molecule has 1 aliphatic carbocycles. The Labute approximate surface area is 83.4 Å². The molecule has 13 heavy (non-hydrogen) atoms. The lowest BCUT2D eigenvalue weighted by molar-refractivity contribution is 0.346. The van der Waals surface area contributed by atoms with Crippen molar-refractivity contribution in [1.29, 1.82) is 0 Å². The smallest absolute Gasteiger partial charge is 0.120 e. The molecule has 0 amide bonds. The lowest BCUT2D eigenvalue weighted by Crippen LogP contribution is -2.10. The van der Waals surface area contributed by atoms with Crippen LogP contribution in [0.3, 0.4) is 0 Å². The van der Waals surface area contributed by atoms with Gasteiger partial charge in [0.1, 0.15) is 10.0 Å². The van der Waals surface area contributed by atoms with Crippen molar-refractivity contribution in [2.75, 3.05) is 0 Å². The Morgan fingerprint density at radius 2 is 1.85 bits per heavy atom. The fraction of sp³-hybridized carbons (Fsp3) is 0.800. The van der Waals surface area contributed by atoms with Crippen LogP contribution in [0.2, 0.25) is 0 Å². The molecule has 0 aliphatic heterocycles. The van der Waals surface area contributed by atoms with Gasteiger partial charge in [-0.2, -0.15) is 0 Å². The number of hydrogen-bond donors (Lipinski definition) is 0. The molecule has 1 fully saturated rings. The fourth-order valence-corrected chi connectivity index (χ4v) is 2.85. The Hall–Kier alpha value is -0.440. The molecule has 1 aromatic heterocycles. The van der Waals surface area contributed by atoms with E-state index in [1.807, 2.05) is 6.92 Å². The summed E-state index contributed by atoms with van der Waals surface area (Å²) in [5.41, 5.74) is 0. The van der Waals surface area contributed by atoms with Crippen molar-refractivity contribution in [3.63, 3.8) is 0 Å². The topological polar surface area (TPSA) is 25.8 Å². The normalized spacial score (nSPS) is 29.1. The Bertz CT molecular complexity index is 274. The van der Waals surface area contributed by atoms with E-state index < -0.39 is 0 Å². The van der Waals surface area contributed by atoms with Gasteiger partial charge in [0, 0.05) is 5.92 Å². The first-order valence-electron chi connectivity index (χ1n) is 5.05. The van der Waals surface area contributed by atoms with Gasteiger partial charge in [0.15, 0.2) is 0 Å². The number of aryl methyl sites for hydroxylation is 1. The van der Waals surface area contributed by atoms with Crippen LogP contribution >= 0.6 is 11.3 Å². The molecule has 0 radical (unpaired) electrons. The van der Waals surface area contributed by atoms with Crippen LogP contribution in [-0.4, -0.2) is 10.2 Å². The third-order valence-electron chi connectivity index (χ3n) is 2.91. The van der Waals surface area contributed by atoms with Gasteiger partial charge < -0.3 is 0 Å². The molecule has 1 aromatic rings. The maximum Gasteiger partial charge on any atom is 0.120 e. The quantitative estimate of drug-likeness (QED) is 0.689. The van der Waals surface area contributed by atoms with Crippen LogP contribution in [-0.2, 0) is 0 Å². The predicted octanol–water partition coefficient (Wildman–Crippen LogP) is 3.14. The molecular weight excluding hydrogens is 180 g/mol. The molecule has 0 saturated heterocycles. The summed E-state index contributed by atoms with van der Waals surface area (Å²) >= 11 is 1.77. The van der Waals surface area contributed by atoms with E-state index >= 15 is 0 Å². The second-order valence-electron chi connectivity index (χ2n) is 4.12. The van der Waals surface area contributed by atoms with Gasteiger partial charge in [-0.25, -0.2) is 0 Å².